The van der Waals surface area contributed by atoms with Crippen LogP contribution in [0.5, 0.6) is 0 Å². The molecule has 0 spiro atoms. The Labute approximate surface area is 108 Å². The van der Waals surface area contributed by atoms with Gasteiger partial charge in [-0.3, -0.25) is 4.68 Å². The number of aromatic carboxylic acids is 1. The van der Waals surface area contributed by atoms with Crippen LogP contribution in [0, 0.1) is 0 Å². The molecule has 2 heterocycles. The molecule has 5 nitrogen and oxygen atoms in total. The van der Waals surface area contributed by atoms with E-state index in [1.165, 1.54) is 6.20 Å². The number of carboxylic acids is 1. The van der Waals surface area contributed by atoms with Crippen LogP contribution in [-0.2, 0) is 0 Å². The Kier molecular flexibility index (Phi) is 3.57. The molecular formula is C12H13N3O2S. The summed E-state index contributed by atoms with van der Waals surface area (Å²) in [4.78, 5) is 15.0. The summed E-state index contributed by atoms with van der Waals surface area (Å²) in [5.41, 5.74) is 0.970. The summed E-state index contributed by atoms with van der Waals surface area (Å²) in [5, 5.41) is 13.7. The van der Waals surface area contributed by atoms with Crippen LogP contribution >= 0.6 is 11.3 Å². The van der Waals surface area contributed by atoms with Crippen molar-refractivity contribution >= 4 is 29.5 Å². The van der Waals surface area contributed by atoms with E-state index in [1.54, 1.807) is 12.3 Å². The van der Waals surface area contributed by atoms with Gasteiger partial charge in [0.1, 0.15) is 9.88 Å². The van der Waals surface area contributed by atoms with Gasteiger partial charge < -0.3 is 5.11 Å². The molecule has 6 heteroatoms. The topological polar surface area (TPSA) is 68.0 Å². The zero-order chi connectivity index (χ0) is 13.1. The minimum absolute atomic E-state index is 0.243. The summed E-state index contributed by atoms with van der Waals surface area (Å²) in [6.45, 7) is 4.10. The molecule has 0 bridgehead atoms. The smallest absolute Gasteiger partial charge is 0.347 e. The van der Waals surface area contributed by atoms with Gasteiger partial charge in [-0.25, -0.2) is 9.78 Å². The summed E-state index contributed by atoms with van der Waals surface area (Å²) < 4.78 is 1.89. The lowest BCUT2D eigenvalue weighted by molar-refractivity contribution is 0.0702. The van der Waals surface area contributed by atoms with E-state index < -0.39 is 5.97 Å². The number of thiazole rings is 1. The van der Waals surface area contributed by atoms with Gasteiger partial charge in [0.25, 0.3) is 0 Å². The molecule has 2 aromatic heterocycles. The van der Waals surface area contributed by atoms with Crippen molar-refractivity contribution in [3.05, 3.63) is 34.0 Å². The Morgan fingerprint density at radius 1 is 1.50 bits per heavy atom. The summed E-state index contributed by atoms with van der Waals surface area (Å²) in [7, 11) is 0. The average molecular weight is 263 g/mol. The lowest BCUT2D eigenvalue weighted by Gasteiger charge is -2.07. The van der Waals surface area contributed by atoms with Crippen molar-refractivity contribution in [1.29, 1.82) is 0 Å². The molecule has 0 atom stereocenters. The SMILES string of the molecule is CC(C)n1nccc1/C=C/c1ncc(C(=O)O)s1. The van der Waals surface area contributed by atoms with Gasteiger partial charge in [-0.1, -0.05) is 0 Å². The number of rotatable bonds is 4. The highest BCUT2D eigenvalue weighted by molar-refractivity contribution is 7.14. The third-order valence-electron chi connectivity index (χ3n) is 2.32. The lowest BCUT2D eigenvalue weighted by atomic mass is 10.3. The molecular weight excluding hydrogens is 250 g/mol. The number of aromatic nitrogens is 3. The van der Waals surface area contributed by atoms with Crippen molar-refractivity contribution in [1.82, 2.24) is 14.8 Å². The van der Waals surface area contributed by atoms with Crippen LogP contribution in [0.4, 0.5) is 0 Å². The molecule has 0 aliphatic carbocycles. The van der Waals surface area contributed by atoms with E-state index in [1.807, 2.05) is 16.8 Å². The predicted octanol–water partition coefficient (Wildman–Crippen LogP) is 2.79. The van der Waals surface area contributed by atoms with Crippen LogP contribution in [0.25, 0.3) is 12.2 Å². The van der Waals surface area contributed by atoms with Gasteiger partial charge in [0, 0.05) is 12.2 Å². The fraction of sp³-hybridized carbons (Fsp3) is 0.250. The first-order valence-corrected chi connectivity index (χ1v) is 6.30. The predicted molar refractivity (Wildman–Crippen MR) is 70.6 cm³/mol. The Balaban J connectivity index is 2.19. The number of hydrogen-bond donors (Lipinski definition) is 1. The van der Waals surface area contributed by atoms with Crippen molar-refractivity contribution < 1.29 is 9.90 Å². The third kappa shape index (κ3) is 2.65. The molecule has 0 aliphatic heterocycles. The first-order chi connectivity index (χ1) is 8.58. The molecule has 1 N–H and O–H groups in total. The molecule has 0 saturated heterocycles. The molecule has 0 radical (unpaired) electrons. The average Bonchev–Trinajstić information content (AvgIpc) is 2.95. The van der Waals surface area contributed by atoms with Crippen LogP contribution in [0.3, 0.4) is 0 Å². The minimum atomic E-state index is -0.945. The van der Waals surface area contributed by atoms with Gasteiger partial charge in [-0.2, -0.15) is 5.10 Å². The second kappa shape index (κ2) is 5.14. The maximum Gasteiger partial charge on any atom is 0.347 e. The minimum Gasteiger partial charge on any atom is -0.477 e. The third-order valence-corrected chi connectivity index (χ3v) is 3.27. The summed E-state index contributed by atoms with van der Waals surface area (Å²) >= 11 is 1.15. The normalized spacial score (nSPS) is 11.5. The highest BCUT2D eigenvalue weighted by Crippen LogP contribution is 2.17. The number of hydrogen-bond acceptors (Lipinski definition) is 4. The van der Waals surface area contributed by atoms with Gasteiger partial charge >= 0.3 is 5.97 Å². The highest BCUT2D eigenvalue weighted by Gasteiger charge is 2.07. The maximum absolute atomic E-state index is 10.7. The van der Waals surface area contributed by atoms with E-state index in [0.29, 0.717) is 5.01 Å². The Bertz CT molecular complexity index is 584. The van der Waals surface area contributed by atoms with Crippen molar-refractivity contribution in [2.45, 2.75) is 19.9 Å². The van der Waals surface area contributed by atoms with Crippen LogP contribution in [0.2, 0.25) is 0 Å². The molecule has 0 fully saturated rings. The first kappa shape index (κ1) is 12.5. The fourth-order valence-corrected chi connectivity index (χ4v) is 2.17. The summed E-state index contributed by atoms with van der Waals surface area (Å²) in [6.07, 6.45) is 6.79. The van der Waals surface area contributed by atoms with E-state index >= 15 is 0 Å². The molecule has 2 rings (SSSR count). The molecule has 0 amide bonds. The zero-order valence-corrected chi connectivity index (χ0v) is 10.9. The second-order valence-electron chi connectivity index (χ2n) is 4.00. The molecule has 18 heavy (non-hydrogen) atoms. The lowest BCUT2D eigenvalue weighted by Crippen LogP contribution is -2.04. The number of carbonyl (C=O) groups is 1. The monoisotopic (exact) mass is 263 g/mol. The summed E-state index contributed by atoms with van der Waals surface area (Å²) in [5.74, 6) is -0.945. The van der Waals surface area contributed by atoms with Gasteiger partial charge in [-0.15, -0.1) is 11.3 Å². The number of carboxylic acid groups (broad SMARTS) is 1. The first-order valence-electron chi connectivity index (χ1n) is 5.48. The Hall–Kier alpha value is -1.95. The largest absolute Gasteiger partial charge is 0.477 e. The highest BCUT2D eigenvalue weighted by atomic mass is 32.1. The quantitative estimate of drug-likeness (QED) is 0.921. The Morgan fingerprint density at radius 3 is 2.89 bits per heavy atom. The molecule has 0 saturated carbocycles. The molecule has 94 valence electrons. The van der Waals surface area contributed by atoms with Gasteiger partial charge in [0.2, 0.25) is 0 Å². The van der Waals surface area contributed by atoms with E-state index in [-0.39, 0.29) is 10.9 Å². The second-order valence-corrected chi connectivity index (χ2v) is 5.06. The standard InChI is InChI=1S/C12H13N3O2S/c1-8(2)15-9(5-6-14-15)3-4-11-13-7-10(18-11)12(16)17/h3-8H,1-2H3,(H,16,17)/b4-3+. The Morgan fingerprint density at radius 2 is 2.28 bits per heavy atom. The van der Waals surface area contributed by atoms with Crippen molar-refractivity contribution in [3.63, 3.8) is 0 Å². The fourth-order valence-electron chi connectivity index (χ4n) is 1.51. The van der Waals surface area contributed by atoms with E-state index in [4.69, 9.17) is 5.11 Å². The number of nitrogens with zero attached hydrogens (tertiary/aromatic N) is 3. The van der Waals surface area contributed by atoms with Crippen molar-refractivity contribution in [3.8, 4) is 0 Å². The zero-order valence-electron chi connectivity index (χ0n) is 10.1. The van der Waals surface area contributed by atoms with Gasteiger partial charge in [0.15, 0.2) is 0 Å². The van der Waals surface area contributed by atoms with Gasteiger partial charge in [-0.05, 0) is 32.1 Å². The molecule has 0 aromatic carbocycles. The maximum atomic E-state index is 10.7. The van der Waals surface area contributed by atoms with Crippen molar-refractivity contribution in [2.24, 2.45) is 0 Å². The summed E-state index contributed by atoms with van der Waals surface area (Å²) in [6, 6.07) is 2.19. The van der Waals surface area contributed by atoms with E-state index in [0.717, 1.165) is 17.0 Å². The van der Waals surface area contributed by atoms with E-state index in [9.17, 15) is 4.79 Å². The van der Waals surface area contributed by atoms with Crippen LogP contribution in [-0.4, -0.2) is 25.8 Å². The molecule has 0 unspecified atom stereocenters. The molecule has 0 aliphatic rings. The van der Waals surface area contributed by atoms with Crippen LogP contribution < -0.4 is 0 Å². The van der Waals surface area contributed by atoms with Crippen molar-refractivity contribution in [2.75, 3.05) is 0 Å². The van der Waals surface area contributed by atoms with Crippen LogP contribution in [0.15, 0.2) is 18.5 Å². The van der Waals surface area contributed by atoms with Crippen LogP contribution in [0.1, 0.15) is 40.3 Å². The van der Waals surface area contributed by atoms with E-state index in [2.05, 4.69) is 23.9 Å². The molecule has 2 aromatic rings. The van der Waals surface area contributed by atoms with Gasteiger partial charge in [0.05, 0.1) is 11.9 Å².